The van der Waals surface area contributed by atoms with E-state index in [1.54, 1.807) is 13.2 Å². The molecule has 0 aliphatic carbocycles. The van der Waals surface area contributed by atoms with Crippen molar-refractivity contribution in [2.24, 2.45) is 0 Å². The molecule has 0 aromatic heterocycles. The molecule has 3 nitrogen and oxygen atoms in total. The molecule has 3 heteroatoms. The molecule has 0 saturated carbocycles. The van der Waals surface area contributed by atoms with Crippen LogP contribution in [0.5, 0.6) is 5.75 Å². The number of hydrogen-bond donors (Lipinski definition) is 0. The number of carbonyl (C=O) groups is 1. The van der Waals surface area contributed by atoms with Crippen molar-refractivity contribution >= 4 is 17.7 Å². The fourth-order valence-electron chi connectivity index (χ4n) is 2.54. The maximum Gasteiger partial charge on any atom is 0.251 e. The molecule has 1 heterocycles. The molecule has 0 atom stereocenters. The van der Waals surface area contributed by atoms with Gasteiger partial charge in [0.05, 0.1) is 7.11 Å². The van der Waals surface area contributed by atoms with Gasteiger partial charge in [0.15, 0.2) is 0 Å². The summed E-state index contributed by atoms with van der Waals surface area (Å²) >= 11 is 0. The number of benzene rings is 2. The van der Waals surface area contributed by atoms with Crippen LogP contribution >= 0.6 is 0 Å². The maximum atomic E-state index is 12.3. The Morgan fingerprint density at radius 2 is 1.90 bits per heavy atom. The molecule has 21 heavy (non-hydrogen) atoms. The largest absolute Gasteiger partial charge is 0.497 e. The van der Waals surface area contributed by atoms with Crippen LogP contribution in [0.1, 0.15) is 11.1 Å². The van der Waals surface area contributed by atoms with E-state index in [0.717, 1.165) is 30.0 Å². The van der Waals surface area contributed by atoms with Crippen molar-refractivity contribution in [1.82, 2.24) is 0 Å². The summed E-state index contributed by atoms with van der Waals surface area (Å²) in [4.78, 5) is 14.1. The topological polar surface area (TPSA) is 29.5 Å². The van der Waals surface area contributed by atoms with Crippen LogP contribution in [0.25, 0.3) is 6.08 Å². The molecule has 0 bridgehead atoms. The van der Waals surface area contributed by atoms with Gasteiger partial charge in [-0.1, -0.05) is 30.3 Å². The lowest BCUT2D eigenvalue weighted by atomic mass is 10.2. The van der Waals surface area contributed by atoms with Gasteiger partial charge in [-0.25, -0.2) is 0 Å². The summed E-state index contributed by atoms with van der Waals surface area (Å²) in [7, 11) is 1.64. The average Bonchev–Trinajstić information content (AvgIpc) is 2.97. The summed E-state index contributed by atoms with van der Waals surface area (Å²) in [6, 6.07) is 15.7. The van der Waals surface area contributed by atoms with Crippen molar-refractivity contribution in [3.05, 3.63) is 65.7 Å². The van der Waals surface area contributed by atoms with E-state index < -0.39 is 0 Å². The zero-order valence-electron chi connectivity index (χ0n) is 12.0. The van der Waals surface area contributed by atoms with Gasteiger partial charge in [0, 0.05) is 18.3 Å². The molecule has 0 fully saturated rings. The van der Waals surface area contributed by atoms with Crippen LogP contribution in [-0.2, 0) is 11.2 Å². The number of nitrogens with zero attached hydrogens (tertiary/aromatic N) is 1. The number of para-hydroxylation sites is 1. The number of carbonyl (C=O) groups excluding carboxylic acids is 1. The summed E-state index contributed by atoms with van der Waals surface area (Å²) < 4.78 is 5.12. The first-order valence-corrected chi connectivity index (χ1v) is 6.99. The molecule has 3 rings (SSSR count). The summed E-state index contributed by atoms with van der Waals surface area (Å²) in [6.07, 6.45) is 4.39. The van der Waals surface area contributed by atoms with Gasteiger partial charge in [-0.05, 0) is 41.8 Å². The number of methoxy groups -OCH3 is 1. The zero-order chi connectivity index (χ0) is 14.7. The van der Waals surface area contributed by atoms with Crippen LogP contribution in [0.2, 0.25) is 0 Å². The fourth-order valence-corrected chi connectivity index (χ4v) is 2.54. The van der Waals surface area contributed by atoms with E-state index in [4.69, 9.17) is 4.74 Å². The Labute approximate surface area is 124 Å². The van der Waals surface area contributed by atoms with E-state index in [2.05, 4.69) is 6.07 Å². The quantitative estimate of drug-likeness (QED) is 0.807. The minimum absolute atomic E-state index is 0.0239. The Kier molecular flexibility index (Phi) is 3.73. The van der Waals surface area contributed by atoms with Crippen molar-refractivity contribution < 1.29 is 9.53 Å². The van der Waals surface area contributed by atoms with E-state index in [1.165, 1.54) is 5.56 Å². The van der Waals surface area contributed by atoms with Gasteiger partial charge >= 0.3 is 0 Å². The SMILES string of the molecule is COc1ccc(/C=C/C(=O)N2CCc3ccccc32)cc1. The van der Waals surface area contributed by atoms with Gasteiger partial charge in [-0.15, -0.1) is 0 Å². The maximum absolute atomic E-state index is 12.3. The number of hydrogen-bond acceptors (Lipinski definition) is 2. The first kappa shape index (κ1) is 13.4. The molecule has 0 saturated heterocycles. The van der Waals surface area contributed by atoms with Crippen LogP contribution < -0.4 is 9.64 Å². The van der Waals surface area contributed by atoms with Crippen LogP contribution in [0.4, 0.5) is 5.69 Å². The number of anilines is 1. The van der Waals surface area contributed by atoms with Gasteiger partial charge in [0.2, 0.25) is 0 Å². The normalized spacial score (nSPS) is 13.5. The minimum Gasteiger partial charge on any atom is -0.497 e. The summed E-state index contributed by atoms with van der Waals surface area (Å²) in [5.41, 5.74) is 3.25. The van der Waals surface area contributed by atoms with Crippen LogP contribution in [-0.4, -0.2) is 19.6 Å². The second kappa shape index (κ2) is 5.83. The second-order valence-corrected chi connectivity index (χ2v) is 4.98. The Balaban J connectivity index is 1.73. The molecule has 0 N–H and O–H groups in total. The highest BCUT2D eigenvalue weighted by Crippen LogP contribution is 2.27. The number of rotatable bonds is 3. The van der Waals surface area contributed by atoms with Crippen molar-refractivity contribution in [3.63, 3.8) is 0 Å². The van der Waals surface area contributed by atoms with Crippen LogP contribution in [0.15, 0.2) is 54.6 Å². The van der Waals surface area contributed by atoms with Crippen LogP contribution in [0, 0.1) is 0 Å². The van der Waals surface area contributed by atoms with Crippen molar-refractivity contribution in [3.8, 4) is 5.75 Å². The molecular formula is C18H17NO2. The number of ether oxygens (including phenoxy) is 1. The molecular weight excluding hydrogens is 262 g/mol. The van der Waals surface area contributed by atoms with E-state index in [9.17, 15) is 4.79 Å². The van der Waals surface area contributed by atoms with E-state index in [1.807, 2.05) is 53.4 Å². The van der Waals surface area contributed by atoms with Gasteiger partial charge in [0.25, 0.3) is 5.91 Å². The summed E-state index contributed by atoms with van der Waals surface area (Å²) in [6.45, 7) is 0.755. The first-order chi connectivity index (χ1) is 10.3. The monoisotopic (exact) mass is 279 g/mol. The van der Waals surface area contributed by atoms with E-state index in [-0.39, 0.29) is 5.91 Å². The molecule has 0 unspecified atom stereocenters. The Hall–Kier alpha value is -2.55. The van der Waals surface area contributed by atoms with Crippen molar-refractivity contribution in [1.29, 1.82) is 0 Å². The highest BCUT2D eigenvalue weighted by molar-refractivity contribution is 6.05. The second-order valence-electron chi connectivity index (χ2n) is 4.98. The Morgan fingerprint density at radius 1 is 1.14 bits per heavy atom. The van der Waals surface area contributed by atoms with Gasteiger partial charge in [0.1, 0.15) is 5.75 Å². The third-order valence-corrected chi connectivity index (χ3v) is 3.69. The van der Waals surface area contributed by atoms with Crippen molar-refractivity contribution in [2.45, 2.75) is 6.42 Å². The number of amides is 1. The van der Waals surface area contributed by atoms with Crippen molar-refractivity contribution in [2.75, 3.05) is 18.6 Å². The van der Waals surface area contributed by atoms with Gasteiger partial charge in [-0.3, -0.25) is 4.79 Å². The molecule has 1 amide bonds. The molecule has 0 radical (unpaired) electrons. The lowest BCUT2D eigenvalue weighted by molar-refractivity contribution is -0.114. The predicted octanol–water partition coefficient (Wildman–Crippen LogP) is 3.30. The highest BCUT2D eigenvalue weighted by Gasteiger charge is 2.22. The minimum atomic E-state index is 0.0239. The van der Waals surface area contributed by atoms with Crippen LogP contribution in [0.3, 0.4) is 0 Å². The third kappa shape index (κ3) is 2.82. The highest BCUT2D eigenvalue weighted by atomic mass is 16.5. The molecule has 2 aromatic rings. The Morgan fingerprint density at radius 3 is 2.67 bits per heavy atom. The molecule has 1 aliphatic rings. The standard InChI is InChI=1S/C18H17NO2/c1-21-16-9-6-14(7-10-16)8-11-18(20)19-13-12-15-4-2-3-5-17(15)19/h2-11H,12-13H2,1H3/b11-8+. The molecule has 2 aromatic carbocycles. The van der Waals surface area contributed by atoms with E-state index >= 15 is 0 Å². The Bertz CT molecular complexity index is 674. The molecule has 0 spiro atoms. The first-order valence-electron chi connectivity index (χ1n) is 6.99. The third-order valence-electron chi connectivity index (χ3n) is 3.69. The molecule has 1 aliphatic heterocycles. The summed E-state index contributed by atoms with van der Waals surface area (Å²) in [5.74, 6) is 0.836. The fraction of sp³-hybridized carbons (Fsp3) is 0.167. The predicted molar refractivity (Wildman–Crippen MR) is 84.5 cm³/mol. The lowest BCUT2D eigenvalue weighted by Gasteiger charge is -2.14. The zero-order valence-corrected chi connectivity index (χ0v) is 12.0. The number of fused-ring (bicyclic) bond motifs is 1. The summed E-state index contributed by atoms with van der Waals surface area (Å²) in [5, 5.41) is 0. The lowest BCUT2D eigenvalue weighted by Crippen LogP contribution is -2.26. The van der Waals surface area contributed by atoms with Gasteiger partial charge in [-0.2, -0.15) is 0 Å². The van der Waals surface area contributed by atoms with E-state index in [0.29, 0.717) is 0 Å². The average molecular weight is 279 g/mol. The molecule has 106 valence electrons. The van der Waals surface area contributed by atoms with Gasteiger partial charge < -0.3 is 9.64 Å². The smallest absolute Gasteiger partial charge is 0.251 e.